The first kappa shape index (κ1) is 19.8. The second-order valence-corrected chi connectivity index (χ2v) is 7.96. The Morgan fingerprint density at radius 2 is 1.69 bits per heavy atom. The molecule has 2 amide bonds. The van der Waals surface area contributed by atoms with Gasteiger partial charge in [0.15, 0.2) is 0 Å². The van der Waals surface area contributed by atoms with Gasteiger partial charge in [-0.05, 0) is 66.6 Å². The lowest BCUT2D eigenvalue weighted by Crippen LogP contribution is -2.30. The number of hydrogen-bond acceptors (Lipinski definition) is 3. The minimum Gasteiger partial charge on any atom is -0.465 e. The summed E-state index contributed by atoms with van der Waals surface area (Å²) in [4.78, 5) is 26.1. The average Bonchev–Trinajstić information content (AvgIpc) is 3.46. The van der Waals surface area contributed by atoms with Crippen molar-refractivity contribution in [3.63, 3.8) is 0 Å². The van der Waals surface area contributed by atoms with Crippen molar-refractivity contribution in [2.24, 2.45) is 0 Å². The van der Waals surface area contributed by atoms with E-state index in [9.17, 15) is 9.59 Å². The van der Waals surface area contributed by atoms with Gasteiger partial charge in [0.05, 0.1) is 6.26 Å². The molecule has 1 aliphatic rings. The van der Waals surface area contributed by atoms with E-state index in [0.717, 1.165) is 23.8 Å². The zero-order valence-electron chi connectivity index (χ0n) is 17.6. The molecule has 0 unspecified atom stereocenters. The molecule has 0 bridgehead atoms. The van der Waals surface area contributed by atoms with E-state index in [1.54, 1.807) is 24.3 Å². The van der Waals surface area contributed by atoms with Gasteiger partial charge in [-0.1, -0.05) is 42.0 Å². The van der Waals surface area contributed by atoms with Crippen molar-refractivity contribution in [3.05, 3.63) is 107 Å². The van der Waals surface area contributed by atoms with E-state index >= 15 is 0 Å². The molecule has 0 aliphatic heterocycles. The van der Waals surface area contributed by atoms with Crippen molar-refractivity contribution in [3.8, 4) is 0 Å². The largest absolute Gasteiger partial charge is 0.465 e. The number of amides is 2. The van der Waals surface area contributed by atoms with Crippen LogP contribution >= 0.6 is 0 Å². The molecule has 0 spiro atoms. The molecule has 0 atom stereocenters. The zero-order valence-corrected chi connectivity index (χ0v) is 17.6. The van der Waals surface area contributed by atoms with Crippen LogP contribution in [-0.2, 0) is 17.6 Å². The van der Waals surface area contributed by atoms with Crippen LogP contribution in [0, 0.1) is 6.92 Å². The van der Waals surface area contributed by atoms with Gasteiger partial charge in [-0.3, -0.25) is 9.59 Å². The van der Waals surface area contributed by atoms with E-state index in [4.69, 9.17) is 4.42 Å². The maximum atomic E-state index is 13.3. The van der Waals surface area contributed by atoms with Crippen LogP contribution in [0.1, 0.15) is 32.8 Å². The topological polar surface area (TPSA) is 71.3 Å². The van der Waals surface area contributed by atoms with Crippen molar-refractivity contribution < 1.29 is 14.0 Å². The first-order chi connectivity index (χ1) is 15.6. The lowest BCUT2D eigenvalue weighted by Gasteiger charge is -2.13. The fourth-order valence-electron chi connectivity index (χ4n) is 4.12. The highest BCUT2D eigenvalue weighted by Crippen LogP contribution is 2.35. The molecule has 1 heterocycles. The van der Waals surface area contributed by atoms with Crippen LogP contribution in [0.15, 0.2) is 83.1 Å². The summed E-state index contributed by atoms with van der Waals surface area (Å²) in [7, 11) is 0. The van der Waals surface area contributed by atoms with Crippen LogP contribution < -0.4 is 10.6 Å². The molecule has 5 heteroatoms. The molecule has 0 saturated heterocycles. The number of rotatable bonds is 5. The third-order valence-corrected chi connectivity index (χ3v) is 5.76. The van der Waals surface area contributed by atoms with Gasteiger partial charge in [-0.15, -0.1) is 0 Å². The Kier molecular flexibility index (Phi) is 5.07. The van der Waals surface area contributed by atoms with Crippen molar-refractivity contribution in [2.75, 3.05) is 5.32 Å². The Morgan fingerprint density at radius 3 is 2.44 bits per heavy atom. The van der Waals surface area contributed by atoms with E-state index in [2.05, 4.69) is 22.8 Å². The number of nitrogens with one attached hydrogen (secondary N) is 2. The van der Waals surface area contributed by atoms with E-state index in [-0.39, 0.29) is 11.6 Å². The summed E-state index contributed by atoms with van der Waals surface area (Å²) < 4.78 is 5.37. The molecule has 0 saturated carbocycles. The summed E-state index contributed by atoms with van der Waals surface area (Å²) in [6.07, 6.45) is 5.08. The first-order valence-electron chi connectivity index (χ1n) is 10.6. The van der Waals surface area contributed by atoms with Gasteiger partial charge in [-0.25, -0.2) is 0 Å². The van der Waals surface area contributed by atoms with Gasteiger partial charge in [0.1, 0.15) is 11.5 Å². The predicted octanol–water partition coefficient (Wildman–Crippen LogP) is 5.25. The van der Waals surface area contributed by atoms with Crippen molar-refractivity contribution in [2.45, 2.75) is 19.8 Å². The molecule has 0 fully saturated rings. The molecule has 3 aromatic carbocycles. The summed E-state index contributed by atoms with van der Waals surface area (Å²) in [6.45, 7) is 1.95. The molecule has 5 rings (SSSR count). The third-order valence-electron chi connectivity index (χ3n) is 5.76. The molecule has 2 N–H and O–H groups in total. The molecule has 1 aliphatic carbocycles. The van der Waals surface area contributed by atoms with Crippen LogP contribution in [-0.4, -0.2) is 11.8 Å². The summed E-state index contributed by atoms with van der Waals surface area (Å²) >= 11 is 0. The third kappa shape index (κ3) is 3.81. The number of hydrogen-bond donors (Lipinski definition) is 2. The lowest BCUT2D eigenvalue weighted by atomic mass is 10.0. The van der Waals surface area contributed by atoms with Crippen molar-refractivity contribution in [1.29, 1.82) is 0 Å². The molecule has 32 heavy (non-hydrogen) atoms. The molecule has 5 nitrogen and oxygen atoms in total. The van der Waals surface area contributed by atoms with Gasteiger partial charge in [-0.2, -0.15) is 0 Å². The highest BCUT2D eigenvalue weighted by molar-refractivity contribution is 6.14. The second-order valence-electron chi connectivity index (χ2n) is 7.96. The Balaban J connectivity index is 1.46. The van der Waals surface area contributed by atoms with Gasteiger partial charge < -0.3 is 15.1 Å². The summed E-state index contributed by atoms with van der Waals surface area (Å²) in [5.74, 6) is -0.307. The first-order valence-corrected chi connectivity index (χ1v) is 10.6. The molecular weight excluding hydrogens is 400 g/mol. The number of carbonyl (C=O) groups excluding carboxylic acids is 2. The standard InChI is InChI=1S/C27H22N2O3/c1-17-7-9-20(10-8-17)26(30)29-24(16-21-5-3-15-32-21)27(31)28-23-14-13-19-12-11-18-4-2-6-22(23)25(18)19/h2-10,13-16H,11-12H2,1H3,(H,28,31)(H,29,30)/b24-16-. The Morgan fingerprint density at radius 1 is 0.906 bits per heavy atom. The minimum absolute atomic E-state index is 0.105. The van der Waals surface area contributed by atoms with Crippen LogP contribution in [0.5, 0.6) is 0 Å². The quantitative estimate of drug-likeness (QED) is 0.432. The lowest BCUT2D eigenvalue weighted by molar-refractivity contribution is -0.113. The number of furan rings is 1. The second kappa shape index (κ2) is 8.19. The Labute approximate surface area is 185 Å². The number of benzene rings is 3. The highest BCUT2D eigenvalue weighted by atomic mass is 16.3. The zero-order chi connectivity index (χ0) is 22.1. The van der Waals surface area contributed by atoms with Gasteiger partial charge >= 0.3 is 0 Å². The summed E-state index contributed by atoms with van der Waals surface area (Å²) in [6, 6.07) is 20.8. The van der Waals surface area contributed by atoms with Crippen LogP contribution in [0.2, 0.25) is 0 Å². The molecule has 158 valence electrons. The van der Waals surface area contributed by atoms with Gasteiger partial charge in [0, 0.05) is 22.7 Å². The van der Waals surface area contributed by atoms with Gasteiger partial charge in [0.25, 0.3) is 11.8 Å². The highest BCUT2D eigenvalue weighted by Gasteiger charge is 2.19. The van der Waals surface area contributed by atoms with Crippen molar-refractivity contribution in [1.82, 2.24) is 5.32 Å². The van der Waals surface area contributed by atoms with Crippen molar-refractivity contribution >= 4 is 34.4 Å². The number of carbonyl (C=O) groups is 2. The van der Waals surface area contributed by atoms with E-state index in [1.165, 1.54) is 28.9 Å². The minimum atomic E-state index is -0.416. The Hall–Kier alpha value is -4.12. The summed E-state index contributed by atoms with van der Waals surface area (Å²) in [5, 5.41) is 7.95. The predicted molar refractivity (Wildman–Crippen MR) is 125 cm³/mol. The van der Waals surface area contributed by atoms with Crippen LogP contribution in [0.4, 0.5) is 5.69 Å². The SMILES string of the molecule is Cc1ccc(C(=O)N/C(=C\c2ccco2)C(=O)Nc2ccc3c4c(cccc24)CC3)cc1. The fourth-order valence-corrected chi connectivity index (χ4v) is 4.12. The maximum absolute atomic E-state index is 13.3. The van der Waals surface area contributed by atoms with E-state index in [1.807, 2.05) is 37.3 Å². The molecule has 0 radical (unpaired) electrons. The molecular formula is C27H22N2O3. The van der Waals surface area contributed by atoms with Gasteiger partial charge in [0.2, 0.25) is 0 Å². The van der Waals surface area contributed by atoms with E-state index < -0.39 is 5.91 Å². The number of aryl methyl sites for hydroxylation is 3. The van der Waals surface area contributed by atoms with Crippen LogP contribution in [0.25, 0.3) is 16.8 Å². The van der Waals surface area contributed by atoms with E-state index in [0.29, 0.717) is 17.0 Å². The molecule has 1 aromatic heterocycles. The Bertz CT molecular complexity index is 1340. The smallest absolute Gasteiger partial charge is 0.272 e. The average molecular weight is 422 g/mol. The normalized spacial score (nSPS) is 12.7. The van der Waals surface area contributed by atoms with Crippen LogP contribution in [0.3, 0.4) is 0 Å². The molecule has 4 aromatic rings. The summed E-state index contributed by atoms with van der Waals surface area (Å²) in [5.41, 5.74) is 4.94. The monoisotopic (exact) mass is 422 g/mol. The maximum Gasteiger partial charge on any atom is 0.272 e. The fraction of sp³-hybridized carbons (Fsp3) is 0.111. The number of anilines is 1.